The highest BCUT2D eigenvalue weighted by Crippen LogP contribution is 2.70. The van der Waals surface area contributed by atoms with Crippen LogP contribution in [0.4, 0.5) is 0 Å². The van der Waals surface area contributed by atoms with Gasteiger partial charge in [-0.25, -0.2) is 4.79 Å². The zero-order valence-corrected chi connectivity index (χ0v) is 37.2. The molecule has 14 nitrogen and oxygen atoms in total. The molecule has 2 aliphatic heterocycles. The molecule has 0 aromatic heterocycles. The van der Waals surface area contributed by atoms with E-state index in [4.69, 9.17) is 28.4 Å². The summed E-state index contributed by atoms with van der Waals surface area (Å²) in [7, 11) is 0. The van der Waals surface area contributed by atoms with Gasteiger partial charge in [0, 0.05) is 56.1 Å². The van der Waals surface area contributed by atoms with Crippen LogP contribution in [0.1, 0.15) is 131 Å². The van der Waals surface area contributed by atoms with Crippen molar-refractivity contribution in [3.8, 4) is 0 Å². The summed E-state index contributed by atoms with van der Waals surface area (Å²) < 4.78 is 35.6. The van der Waals surface area contributed by atoms with Crippen LogP contribution in [0.5, 0.6) is 0 Å². The Kier molecular flexibility index (Phi) is 14.4. The third-order valence-corrected chi connectivity index (χ3v) is 16.4. The lowest BCUT2D eigenvalue weighted by Gasteiger charge is -2.65. The average Bonchev–Trinajstić information content (AvgIpc) is 3.67. The molecule has 0 radical (unpaired) electrons. The lowest BCUT2D eigenvalue weighted by atomic mass is 9.42. The topological polar surface area (TPSA) is 194 Å². The molecule has 14 heteroatoms. The number of carbonyl (C=O) groups excluding carboxylic acids is 2. The van der Waals surface area contributed by atoms with Gasteiger partial charge in [0.25, 0.3) is 0 Å². The molecule has 0 spiro atoms. The summed E-state index contributed by atoms with van der Waals surface area (Å²) in [5.41, 5.74) is -1.14. The van der Waals surface area contributed by atoms with Crippen LogP contribution >= 0.6 is 0 Å². The van der Waals surface area contributed by atoms with Crippen LogP contribution in [0.25, 0.3) is 0 Å². The molecule has 0 aromatic carbocycles. The number of cyclic esters (lactones) is 1. The first-order valence-corrected chi connectivity index (χ1v) is 23.3. The minimum Gasteiger partial charge on any atom is -0.510 e. The number of hydrogen-bond acceptors (Lipinski definition) is 14. The van der Waals surface area contributed by atoms with Gasteiger partial charge in [0.15, 0.2) is 18.9 Å². The van der Waals surface area contributed by atoms with Gasteiger partial charge >= 0.3 is 11.9 Å². The number of aliphatic hydroxyl groups is 5. The number of fused-ring (bicyclic) bond motifs is 5. The predicted octanol–water partition coefficient (Wildman–Crippen LogP) is 6.27. The first-order chi connectivity index (χ1) is 29.0. The van der Waals surface area contributed by atoms with Gasteiger partial charge < -0.3 is 54.0 Å². The summed E-state index contributed by atoms with van der Waals surface area (Å²) in [5, 5.41) is 56.7. The second-order valence-corrected chi connectivity index (χ2v) is 19.8. The molecular weight excluding hydrogens is 787 g/mol. The van der Waals surface area contributed by atoms with Gasteiger partial charge in [0.1, 0.15) is 36.4 Å². The second-order valence-electron chi connectivity index (χ2n) is 19.8. The van der Waals surface area contributed by atoms with Crippen LogP contribution in [0.2, 0.25) is 0 Å². The highest BCUT2D eigenvalue weighted by atomic mass is 16.7. The summed E-state index contributed by atoms with van der Waals surface area (Å²) in [6.07, 6.45) is 8.71. The number of hydrogen-bond donors (Lipinski definition) is 5. The van der Waals surface area contributed by atoms with E-state index in [1.54, 1.807) is 13.0 Å². The van der Waals surface area contributed by atoms with Crippen molar-refractivity contribution >= 4 is 11.9 Å². The fourth-order valence-corrected chi connectivity index (χ4v) is 12.9. The fourth-order valence-electron chi connectivity index (χ4n) is 12.9. The van der Waals surface area contributed by atoms with Crippen molar-refractivity contribution in [2.24, 2.45) is 34.5 Å². The Morgan fingerprint density at radius 3 is 2.31 bits per heavy atom. The van der Waals surface area contributed by atoms with Gasteiger partial charge in [-0.3, -0.25) is 9.69 Å². The predicted molar refractivity (Wildman–Crippen MR) is 223 cm³/mol. The van der Waals surface area contributed by atoms with Crippen LogP contribution in [-0.2, 0) is 38.0 Å². The van der Waals surface area contributed by atoms with E-state index in [-0.39, 0.29) is 77.8 Å². The molecule has 0 aromatic rings. The zero-order valence-electron chi connectivity index (χ0n) is 37.2. The Bertz CT molecular complexity index is 1660. The number of carbonyl (C=O) groups is 2. The summed E-state index contributed by atoms with van der Waals surface area (Å²) >= 11 is 0. The molecule has 2 heterocycles. The summed E-state index contributed by atoms with van der Waals surface area (Å²) in [6, 6.07) is 0.607. The van der Waals surface area contributed by atoms with E-state index in [1.807, 2.05) is 20.8 Å². The average molecular weight is 860 g/mol. The van der Waals surface area contributed by atoms with E-state index in [2.05, 4.69) is 11.8 Å². The minimum absolute atomic E-state index is 0.00214. The largest absolute Gasteiger partial charge is 0.510 e. The molecule has 6 fully saturated rings. The van der Waals surface area contributed by atoms with Crippen molar-refractivity contribution in [2.45, 2.75) is 192 Å². The third-order valence-electron chi connectivity index (χ3n) is 16.4. The van der Waals surface area contributed by atoms with Gasteiger partial charge in [0.05, 0.1) is 17.8 Å². The molecule has 7 aliphatic rings. The molecule has 15 atom stereocenters. The summed E-state index contributed by atoms with van der Waals surface area (Å²) in [6.45, 7) is 13.4. The quantitative estimate of drug-likeness (QED) is 0.0703. The van der Waals surface area contributed by atoms with Crippen molar-refractivity contribution in [1.82, 2.24) is 4.90 Å². The second kappa shape index (κ2) is 18.9. The number of aliphatic hydroxyl groups excluding tert-OH is 4. The zero-order chi connectivity index (χ0) is 43.9. The molecule has 5 aliphatic carbocycles. The van der Waals surface area contributed by atoms with E-state index < -0.39 is 48.2 Å². The molecule has 5 unspecified atom stereocenters. The van der Waals surface area contributed by atoms with E-state index in [0.29, 0.717) is 51.0 Å². The highest BCUT2D eigenvalue weighted by molar-refractivity contribution is 5.85. The van der Waals surface area contributed by atoms with Crippen molar-refractivity contribution in [1.29, 1.82) is 0 Å². The Balaban J connectivity index is 0.940. The molecular formula is C47H73NO13. The van der Waals surface area contributed by atoms with E-state index >= 15 is 0 Å². The van der Waals surface area contributed by atoms with Gasteiger partial charge in [-0.15, -0.1) is 0 Å². The van der Waals surface area contributed by atoms with E-state index in [1.165, 1.54) is 38.3 Å². The number of ether oxygens (including phenoxy) is 6. The molecule has 1 saturated heterocycles. The standard InChI is InChI=1S/C47H73NO13/c1-7-38(60-43(54)24-37(51)39(8-2)61-44-16-19-48(25-27(3)57-44)31-10-9-11-31)36(50)23-42(53)59-32-14-17-45(5)30(21-32)12-13-34-35(45)22-40(58-28(4)49)46(6)33(15-18-47(34,46)55)29-20-41(52)56-26-29/h20,23-24,27,30-35,38-40,42-44,50-51,53-55H,7-19,21-22,25-26H2,1-6H3/b36-23-,37-24-/t27?,30?,32-,33+,34?,35?,38+,39+,40-,42-,43-,44?,45-,46-,47-/m0/s1. The Morgan fingerprint density at radius 1 is 0.934 bits per heavy atom. The van der Waals surface area contributed by atoms with Crippen molar-refractivity contribution in [3.63, 3.8) is 0 Å². The Labute approximate surface area is 361 Å². The molecule has 61 heavy (non-hydrogen) atoms. The van der Waals surface area contributed by atoms with Crippen LogP contribution in [0, 0.1) is 34.5 Å². The normalized spacial score (nSPS) is 40.6. The number of nitrogens with zero attached hydrogens (tertiary/aromatic N) is 1. The van der Waals surface area contributed by atoms with Crippen molar-refractivity contribution in [2.75, 3.05) is 19.7 Å². The van der Waals surface area contributed by atoms with Gasteiger partial charge in [-0.05, 0) is 119 Å². The van der Waals surface area contributed by atoms with Crippen LogP contribution in [0.3, 0.4) is 0 Å². The lowest BCUT2D eigenvalue weighted by Crippen LogP contribution is -2.67. The first-order valence-electron chi connectivity index (χ1n) is 23.3. The maximum absolute atomic E-state index is 12.8. The number of esters is 2. The Morgan fingerprint density at radius 2 is 1.66 bits per heavy atom. The van der Waals surface area contributed by atoms with Crippen LogP contribution < -0.4 is 0 Å². The first kappa shape index (κ1) is 46.4. The van der Waals surface area contributed by atoms with Crippen molar-refractivity contribution in [3.05, 3.63) is 35.3 Å². The molecule has 7 rings (SSSR count). The summed E-state index contributed by atoms with van der Waals surface area (Å²) in [4.78, 5) is 27.1. The molecule has 5 N–H and O–H groups in total. The van der Waals surface area contributed by atoms with Crippen LogP contribution in [0.15, 0.2) is 35.3 Å². The maximum Gasteiger partial charge on any atom is 0.331 e. The van der Waals surface area contributed by atoms with Gasteiger partial charge in [0.2, 0.25) is 0 Å². The summed E-state index contributed by atoms with van der Waals surface area (Å²) in [5.74, 6) is -1.04. The van der Waals surface area contributed by atoms with Gasteiger partial charge in [-0.2, -0.15) is 0 Å². The Hall–Kier alpha value is -2.56. The maximum atomic E-state index is 12.8. The molecule has 0 bridgehead atoms. The third kappa shape index (κ3) is 9.35. The SMILES string of the molecule is CC[C@@H](OC1CCN(C2CCC2)CC(C)O1)/C(O)=C/[C@@H](O)O[C@H](CC)/C(O)=C/[C@@H](O)O[C@H]1CC[C@@]2(C)C(CCC3C2C[C@H](OC(C)=O)[C@]2(C)[C@@H](C4=CC(=O)OC4)CC[C@]32O)C1. The molecule has 5 saturated carbocycles. The molecule has 344 valence electrons. The smallest absolute Gasteiger partial charge is 0.331 e. The lowest BCUT2D eigenvalue weighted by molar-refractivity contribution is -0.253. The minimum atomic E-state index is -1.56. The monoisotopic (exact) mass is 860 g/mol. The highest BCUT2D eigenvalue weighted by Gasteiger charge is 2.72. The van der Waals surface area contributed by atoms with Gasteiger partial charge in [-0.1, -0.05) is 34.1 Å². The fraction of sp³-hybridized carbons (Fsp3) is 0.830. The van der Waals surface area contributed by atoms with E-state index in [0.717, 1.165) is 37.9 Å². The number of rotatable bonds is 15. The van der Waals surface area contributed by atoms with E-state index in [9.17, 15) is 35.1 Å². The van der Waals surface area contributed by atoms with Crippen molar-refractivity contribution < 1.29 is 63.5 Å². The molecule has 0 amide bonds. The van der Waals surface area contributed by atoms with Crippen LogP contribution in [-0.4, -0.2) is 123 Å².